The average molecular weight is 643 g/mol. The van der Waals surface area contributed by atoms with E-state index in [0.717, 1.165) is 6.07 Å². The normalized spacial score (nSPS) is 9.87. The standard InChI is InChI=1S/C7H4N2O4.C7H6N2O2.C6H6N2O3.CH3I.CH4/c10-7-8-5-3-4(9(11)12)1-2-6(5)13-7;8-4-1-2-6-5(3-4)9-7(10)11-6;7-5-3-4(8(10)11)1-2-6(5)9;1-2;/h1-3H,(H,8,10);1-3H,8H2,(H,9,10);1-3,9H,7H2;1H3;1H4/i;;;1D;. The van der Waals surface area contributed by atoms with Crippen LogP contribution in [0.2, 0.25) is 0 Å². The monoisotopic (exact) mass is 643 g/mol. The molecule has 5 aromatic rings. The maximum absolute atomic E-state index is 10.7. The number of benzene rings is 3. The highest BCUT2D eigenvalue weighted by Gasteiger charge is 2.09. The summed E-state index contributed by atoms with van der Waals surface area (Å²) in [5.74, 6) is -1.21. The van der Waals surface area contributed by atoms with Crippen molar-refractivity contribution in [2.24, 2.45) is 0 Å². The summed E-state index contributed by atoms with van der Waals surface area (Å²) in [6.07, 6.45) is 0. The zero-order valence-electron chi connectivity index (χ0n) is 19.5. The van der Waals surface area contributed by atoms with Gasteiger partial charge in [-0.25, -0.2) is 9.59 Å². The summed E-state index contributed by atoms with van der Waals surface area (Å²) in [5.41, 5.74) is 12.9. The summed E-state index contributed by atoms with van der Waals surface area (Å²) in [7, 11) is 0. The lowest BCUT2D eigenvalue weighted by molar-refractivity contribution is -0.384. The van der Waals surface area contributed by atoms with Crippen molar-refractivity contribution < 1.29 is 25.2 Å². The highest BCUT2D eigenvalue weighted by atomic mass is 127. The second kappa shape index (κ2) is 14.0. The maximum Gasteiger partial charge on any atom is 0.417 e. The summed E-state index contributed by atoms with van der Waals surface area (Å²) >= 11 is 1.96. The molecule has 0 atom stereocenters. The number of fused-ring (bicyclic) bond motifs is 2. The number of hydrogen-bond acceptors (Lipinski definition) is 11. The van der Waals surface area contributed by atoms with Crippen LogP contribution in [0.4, 0.5) is 22.7 Å². The fourth-order valence-corrected chi connectivity index (χ4v) is 2.68. The molecule has 2 heterocycles. The number of alkyl halides is 1. The van der Waals surface area contributed by atoms with Gasteiger partial charge < -0.3 is 25.4 Å². The van der Waals surface area contributed by atoms with Gasteiger partial charge in [0.1, 0.15) is 5.75 Å². The fourth-order valence-electron chi connectivity index (χ4n) is 2.68. The highest BCUT2D eigenvalue weighted by molar-refractivity contribution is 14.1. The first-order valence-corrected chi connectivity index (χ1v) is 11.2. The molecule has 3 aromatic carbocycles. The number of nitrogen functional groups attached to an aromatic ring is 2. The molecule has 0 aliphatic rings. The van der Waals surface area contributed by atoms with E-state index in [9.17, 15) is 29.8 Å². The predicted octanol–water partition coefficient (Wildman–Crippen LogP) is 4.30. The third-order valence-electron chi connectivity index (χ3n) is 4.28. The Labute approximate surface area is 227 Å². The van der Waals surface area contributed by atoms with Crippen molar-refractivity contribution in [1.29, 1.82) is 0 Å². The molecule has 0 fully saturated rings. The third-order valence-corrected chi connectivity index (χ3v) is 4.28. The van der Waals surface area contributed by atoms with Gasteiger partial charge in [0.2, 0.25) is 0 Å². The number of oxazole rings is 2. The molecular formula is C22H23IN6O9. The smallest absolute Gasteiger partial charge is 0.417 e. The van der Waals surface area contributed by atoms with Crippen LogP contribution in [-0.2, 0) is 0 Å². The maximum atomic E-state index is 10.7. The van der Waals surface area contributed by atoms with Gasteiger partial charge in [-0.3, -0.25) is 30.2 Å². The van der Waals surface area contributed by atoms with Crippen LogP contribution >= 0.6 is 22.6 Å². The van der Waals surface area contributed by atoms with E-state index in [-0.39, 0.29) is 30.2 Å². The van der Waals surface area contributed by atoms with Crippen molar-refractivity contribution in [2.45, 2.75) is 7.43 Å². The molecule has 2 aromatic heterocycles. The number of non-ortho nitro benzene ring substituents is 2. The second-order valence-corrected chi connectivity index (χ2v) is 6.72. The first-order chi connectivity index (χ1) is 17.9. The minimum atomic E-state index is -0.615. The Morgan fingerprint density at radius 1 is 0.868 bits per heavy atom. The van der Waals surface area contributed by atoms with Crippen LogP contribution < -0.4 is 23.0 Å². The lowest BCUT2D eigenvalue weighted by Crippen LogP contribution is -1.93. The SMILES string of the molecule is C.Nc1cc([N+](=O)[O-])ccc1O.Nc1ccc2oc(=O)[nH]c2c1.O=c1[nH]c2cc([N+](=O)[O-])ccc2o1.[2H]CI. The number of anilines is 2. The highest BCUT2D eigenvalue weighted by Crippen LogP contribution is 2.24. The van der Waals surface area contributed by atoms with Crippen molar-refractivity contribution in [3.05, 3.63) is 95.9 Å². The zero-order chi connectivity index (χ0) is 28.4. The number of nitrogens with zero attached hydrogens (tertiary/aromatic N) is 2. The van der Waals surface area contributed by atoms with Crippen molar-refractivity contribution in [1.82, 2.24) is 9.97 Å². The van der Waals surface area contributed by atoms with E-state index in [1.165, 1.54) is 30.3 Å². The van der Waals surface area contributed by atoms with Crippen LogP contribution in [0, 0.1) is 20.2 Å². The number of nitrogens with two attached hydrogens (primary N) is 2. The van der Waals surface area contributed by atoms with Crippen LogP contribution in [0.1, 0.15) is 8.80 Å². The molecule has 0 bridgehead atoms. The predicted molar refractivity (Wildman–Crippen MR) is 151 cm³/mol. The molecule has 38 heavy (non-hydrogen) atoms. The van der Waals surface area contributed by atoms with Gasteiger partial charge in [-0.05, 0) is 35.2 Å². The number of aromatic amines is 2. The van der Waals surface area contributed by atoms with Gasteiger partial charge in [0, 0.05) is 31.3 Å². The largest absolute Gasteiger partial charge is 0.506 e. The molecule has 5 rings (SSSR count). The number of halogens is 1. The number of phenolic OH excluding ortho intramolecular Hbond substituents is 1. The van der Waals surface area contributed by atoms with Crippen LogP contribution in [0.15, 0.2) is 73.0 Å². The number of rotatable bonds is 2. The first-order valence-electron chi connectivity index (χ1n) is 10.4. The van der Waals surface area contributed by atoms with Crippen LogP contribution in [0.5, 0.6) is 5.75 Å². The fraction of sp³-hybridized carbons (Fsp3) is 0.0909. The molecule has 7 N–H and O–H groups in total. The van der Waals surface area contributed by atoms with E-state index in [0.29, 0.717) is 32.8 Å². The molecule has 16 heteroatoms. The van der Waals surface area contributed by atoms with Gasteiger partial charge in [-0.15, -0.1) is 0 Å². The van der Waals surface area contributed by atoms with Crippen LogP contribution in [0.3, 0.4) is 0 Å². The number of nitro groups is 2. The molecular weight excluding hydrogens is 619 g/mol. The van der Waals surface area contributed by atoms with Gasteiger partial charge in [0.15, 0.2) is 11.2 Å². The van der Waals surface area contributed by atoms with Crippen molar-refractivity contribution in [3.63, 3.8) is 0 Å². The third kappa shape index (κ3) is 8.36. The van der Waals surface area contributed by atoms with E-state index >= 15 is 0 Å². The molecule has 15 nitrogen and oxygen atoms in total. The molecule has 0 radical (unpaired) electrons. The van der Waals surface area contributed by atoms with Crippen LogP contribution in [0.25, 0.3) is 22.2 Å². The Morgan fingerprint density at radius 2 is 1.32 bits per heavy atom. The van der Waals surface area contributed by atoms with Gasteiger partial charge in [0.25, 0.3) is 11.4 Å². The summed E-state index contributed by atoms with van der Waals surface area (Å²) in [6.45, 7) is 0. The minimum absolute atomic E-state index is 0. The van der Waals surface area contributed by atoms with Gasteiger partial charge in [-0.1, -0.05) is 30.0 Å². The summed E-state index contributed by atoms with van der Waals surface area (Å²) in [6, 6.07) is 12.4. The van der Waals surface area contributed by atoms with Crippen LogP contribution in [-0.4, -0.2) is 29.8 Å². The number of nitrogens with one attached hydrogen (secondary N) is 2. The Hall–Kier alpha value is -4.87. The second-order valence-electron chi connectivity index (χ2n) is 6.72. The number of aromatic nitrogens is 2. The summed E-state index contributed by atoms with van der Waals surface area (Å²) in [5, 5.41) is 29.3. The Morgan fingerprint density at radius 3 is 1.82 bits per heavy atom. The molecule has 0 aliphatic heterocycles. The number of phenols is 1. The lowest BCUT2D eigenvalue weighted by Gasteiger charge is -1.96. The van der Waals surface area contributed by atoms with Crippen molar-refractivity contribution in [3.8, 4) is 5.75 Å². The number of nitro benzene ring substituents is 2. The topological polar surface area (TPSA) is 251 Å². The molecule has 0 saturated carbocycles. The molecule has 0 spiro atoms. The average Bonchev–Trinajstić information content (AvgIpc) is 3.41. The first kappa shape index (κ1) is 29.4. The van der Waals surface area contributed by atoms with E-state index in [1.807, 2.05) is 22.6 Å². The minimum Gasteiger partial charge on any atom is -0.506 e. The van der Waals surface area contributed by atoms with Crippen molar-refractivity contribution in [2.75, 3.05) is 16.4 Å². The van der Waals surface area contributed by atoms with E-state index in [1.54, 1.807) is 18.2 Å². The van der Waals surface area contributed by atoms with E-state index < -0.39 is 21.4 Å². The van der Waals surface area contributed by atoms with E-state index in [2.05, 4.69) is 14.4 Å². The number of H-pyrrole nitrogens is 2. The molecule has 0 aliphatic carbocycles. The zero-order valence-corrected chi connectivity index (χ0v) is 20.7. The summed E-state index contributed by atoms with van der Waals surface area (Å²) < 4.78 is 15.6. The molecule has 0 unspecified atom stereocenters. The van der Waals surface area contributed by atoms with Crippen molar-refractivity contribution >= 4 is 67.5 Å². The summed E-state index contributed by atoms with van der Waals surface area (Å²) in [4.78, 5) is 46.0. The Kier molecular flexibility index (Phi) is 10.8. The number of aromatic hydroxyl groups is 1. The van der Waals surface area contributed by atoms with Gasteiger partial charge in [0.05, 0.1) is 26.6 Å². The Balaban J connectivity index is 0.000000276. The molecule has 0 saturated heterocycles. The lowest BCUT2D eigenvalue weighted by atomic mass is 10.2. The Bertz CT molecular complexity index is 1680. The molecule has 0 amide bonds. The van der Waals surface area contributed by atoms with Gasteiger partial charge in [-0.2, -0.15) is 0 Å². The van der Waals surface area contributed by atoms with Gasteiger partial charge >= 0.3 is 11.5 Å². The number of hydrogen-bond donors (Lipinski definition) is 5. The molecule has 202 valence electrons. The quantitative estimate of drug-likeness (QED) is 0.0453. The van der Waals surface area contributed by atoms with E-state index in [4.69, 9.17) is 22.4 Å².